The number of carbonyl (C=O) groups is 1. The van der Waals surface area contributed by atoms with Crippen LogP contribution in [0, 0.1) is 0 Å². The van der Waals surface area contributed by atoms with E-state index in [0.717, 1.165) is 55.2 Å². The second-order valence-electron chi connectivity index (χ2n) is 14.7. The number of aromatic amines is 1. The van der Waals surface area contributed by atoms with Crippen molar-refractivity contribution in [1.82, 2.24) is 25.4 Å². The van der Waals surface area contributed by atoms with Gasteiger partial charge in [-0.3, -0.25) is 14.6 Å². The van der Waals surface area contributed by atoms with Crippen LogP contribution < -0.4 is 20.9 Å². The van der Waals surface area contributed by atoms with Crippen LogP contribution in [0.2, 0.25) is 0 Å². The van der Waals surface area contributed by atoms with E-state index in [9.17, 15) is 19.8 Å². The Kier molecular flexibility index (Phi) is 13.6. The minimum absolute atomic E-state index is 0.0283. The summed E-state index contributed by atoms with van der Waals surface area (Å²) < 4.78 is 11.7. The van der Waals surface area contributed by atoms with Crippen LogP contribution in [0.1, 0.15) is 55.9 Å². The van der Waals surface area contributed by atoms with Crippen molar-refractivity contribution in [2.75, 3.05) is 52.9 Å². The molecule has 1 aliphatic heterocycles. The highest BCUT2D eigenvalue weighted by Gasteiger charge is 2.19. The van der Waals surface area contributed by atoms with Crippen LogP contribution in [0.25, 0.3) is 10.9 Å². The van der Waals surface area contributed by atoms with Crippen molar-refractivity contribution in [2.45, 2.75) is 31.8 Å². The number of benzene rings is 5. The zero-order valence-electron chi connectivity index (χ0n) is 32.8. The predicted molar refractivity (Wildman–Crippen MR) is 226 cm³/mol. The first kappa shape index (κ1) is 40.4. The number of nitrogens with one attached hydrogen (secondary N) is 3. The van der Waals surface area contributed by atoms with Crippen molar-refractivity contribution in [3.05, 3.63) is 177 Å². The molecule has 11 nitrogen and oxygen atoms in total. The molecular formula is C47H51N5O6. The zero-order valence-corrected chi connectivity index (χ0v) is 32.8. The fraction of sp³-hybridized carbons (Fsp3) is 0.277. The Hall–Kier alpha value is -5.82. The van der Waals surface area contributed by atoms with Crippen LogP contribution in [0.15, 0.2) is 132 Å². The van der Waals surface area contributed by atoms with E-state index in [4.69, 9.17) is 9.47 Å². The van der Waals surface area contributed by atoms with Gasteiger partial charge in [0.2, 0.25) is 5.56 Å². The summed E-state index contributed by atoms with van der Waals surface area (Å²) in [6.45, 7) is 6.90. The number of aromatic nitrogens is 1. The van der Waals surface area contributed by atoms with Gasteiger partial charge in [-0.25, -0.2) is 4.79 Å². The van der Waals surface area contributed by atoms with Gasteiger partial charge in [0, 0.05) is 63.8 Å². The van der Waals surface area contributed by atoms with E-state index in [0.29, 0.717) is 54.9 Å². The molecule has 1 aromatic heterocycles. The number of rotatable bonds is 17. The molecule has 6 aromatic rings. The van der Waals surface area contributed by atoms with Gasteiger partial charge < -0.3 is 35.3 Å². The SMILES string of the molecule is CNC(c1ccccc1)c1cccc(OCc2ccc(C(=O)OCCN3CCN(Cc4ccc(CNCC(O)c5ccc(O)c6[nH]c(=O)ccc56)cc4)CC3)cc2)c1. The van der Waals surface area contributed by atoms with Crippen molar-refractivity contribution in [3.63, 3.8) is 0 Å². The molecule has 0 saturated carbocycles. The highest BCUT2D eigenvalue weighted by Crippen LogP contribution is 2.29. The van der Waals surface area contributed by atoms with Crippen molar-refractivity contribution in [1.29, 1.82) is 0 Å². The van der Waals surface area contributed by atoms with Gasteiger partial charge in [0.25, 0.3) is 0 Å². The number of phenolic OH excluding ortho intramolecular Hbond substituents is 1. The van der Waals surface area contributed by atoms with Crippen LogP contribution in [-0.2, 0) is 24.4 Å². The van der Waals surface area contributed by atoms with E-state index in [-0.39, 0.29) is 23.3 Å². The van der Waals surface area contributed by atoms with Crippen molar-refractivity contribution < 1.29 is 24.5 Å². The van der Waals surface area contributed by atoms with E-state index in [2.05, 4.69) is 73.9 Å². The number of H-pyrrole nitrogens is 1. The summed E-state index contributed by atoms with van der Waals surface area (Å²) in [4.78, 5) is 31.9. The van der Waals surface area contributed by atoms with Crippen LogP contribution in [0.4, 0.5) is 0 Å². The number of nitrogens with zero attached hydrogens (tertiary/aromatic N) is 2. The Morgan fingerprint density at radius 1 is 0.793 bits per heavy atom. The molecule has 2 atom stereocenters. The molecule has 1 aliphatic rings. The predicted octanol–water partition coefficient (Wildman–Crippen LogP) is 5.92. The lowest BCUT2D eigenvalue weighted by molar-refractivity contribution is 0.0419. The molecule has 0 radical (unpaired) electrons. The average molecular weight is 782 g/mol. The molecule has 0 spiro atoms. The summed E-state index contributed by atoms with van der Waals surface area (Å²) in [6, 6.07) is 40.6. The van der Waals surface area contributed by atoms with Gasteiger partial charge in [-0.1, -0.05) is 84.9 Å². The smallest absolute Gasteiger partial charge is 0.338 e. The van der Waals surface area contributed by atoms with E-state index >= 15 is 0 Å². The van der Waals surface area contributed by atoms with Crippen molar-refractivity contribution >= 4 is 16.9 Å². The first-order valence-electron chi connectivity index (χ1n) is 19.8. The van der Waals surface area contributed by atoms with Gasteiger partial charge in [0.05, 0.1) is 23.2 Å². The maximum absolute atomic E-state index is 12.8. The van der Waals surface area contributed by atoms with Gasteiger partial charge in [-0.15, -0.1) is 0 Å². The number of aliphatic hydroxyl groups is 1. The second-order valence-corrected chi connectivity index (χ2v) is 14.7. The molecule has 1 fully saturated rings. The minimum Gasteiger partial charge on any atom is -0.506 e. The van der Waals surface area contributed by atoms with Gasteiger partial charge >= 0.3 is 5.97 Å². The minimum atomic E-state index is -0.809. The highest BCUT2D eigenvalue weighted by atomic mass is 16.5. The summed E-state index contributed by atoms with van der Waals surface area (Å²) in [5.41, 5.74) is 6.81. The molecule has 5 aromatic carbocycles. The summed E-state index contributed by atoms with van der Waals surface area (Å²) in [5, 5.41) is 28.3. The number of esters is 1. The fourth-order valence-corrected chi connectivity index (χ4v) is 7.41. The number of aromatic hydroxyl groups is 1. The Bertz CT molecular complexity index is 2310. The molecule has 0 aliphatic carbocycles. The quantitative estimate of drug-likeness (QED) is 0.0710. The number of fused-ring (bicyclic) bond motifs is 1. The lowest BCUT2D eigenvalue weighted by atomic mass is 9.99. The summed E-state index contributed by atoms with van der Waals surface area (Å²) >= 11 is 0. The Morgan fingerprint density at radius 3 is 2.26 bits per heavy atom. The largest absolute Gasteiger partial charge is 0.506 e. The zero-order chi connectivity index (χ0) is 40.3. The molecule has 1 saturated heterocycles. The number of piperazine rings is 1. The average Bonchev–Trinajstić information content (AvgIpc) is 3.25. The Labute approximate surface area is 338 Å². The monoisotopic (exact) mass is 781 g/mol. The number of hydrogen-bond acceptors (Lipinski definition) is 10. The van der Waals surface area contributed by atoms with Gasteiger partial charge in [0.1, 0.15) is 24.7 Å². The fourth-order valence-electron chi connectivity index (χ4n) is 7.41. The van der Waals surface area contributed by atoms with Crippen LogP contribution in [-0.4, -0.2) is 83.9 Å². The van der Waals surface area contributed by atoms with E-state index < -0.39 is 6.10 Å². The molecule has 2 heterocycles. The number of phenols is 1. The maximum atomic E-state index is 12.8. The Balaban J connectivity index is 0.782. The number of aliphatic hydroxyl groups excluding tert-OH is 1. The topological polar surface area (TPSA) is 139 Å². The first-order chi connectivity index (χ1) is 28.3. The third-order valence-corrected chi connectivity index (χ3v) is 10.7. The lowest BCUT2D eigenvalue weighted by Gasteiger charge is -2.34. The summed E-state index contributed by atoms with van der Waals surface area (Å²) in [7, 11) is 1.96. The van der Waals surface area contributed by atoms with Crippen LogP contribution in [0.5, 0.6) is 11.5 Å². The molecule has 58 heavy (non-hydrogen) atoms. The van der Waals surface area contributed by atoms with Crippen LogP contribution >= 0.6 is 0 Å². The molecule has 2 unspecified atom stereocenters. The number of carbonyl (C=O) groups excluding carboxylic acids is 1. The van der Waals surface area contributed by atoms with Gasteiger partial charge in [0.15, 0.2) is 0 Å². The lowest BCUT2D eigenvalue weighted by Crippen LogP contribution is -2.46. The summed E-state index contributed by atoms with van der Waals surface area (Å²) in [5.74, 6) is 0.438. The van der Waals surface area contributed by atoms with E-state index in [1.54, 1.807) is 24.3 Å². The molecule has 7 rings (SSSR count). The standard InChI is InChI=1S/C47H51N5O6/c1-48-45(36-6-3-2-4-7-36)38-8-5-9-39(28-38)58-32-35-14-16-37(17-15-35)47(56)57-27-26-51-22-24-52(25-23-51)31-34-12-10-33(11-13-34)29-49-30-43(54)40-18-20-42(53)46-41(40)19-21-44(55)50-46/h2-21,28,43,45,48-49,53-54H,22-27,29-32H2,1H3,(H,50,55). The van der Waals surface area contributed by atoms with E-state index in [1.807, 2.05) is 49.5 Å². The molecule has 300 valence electrons. The summed E-state index contributed by atoms with van der Waals surface area (Å²) in [6.07, 6.45) is -0.809. The van der Waals surface area contributed by atoms with E-state index in [1.165, 1.54) is 23.3 Å². The first-order valence-corrected chi connectivity index (χ1v) is 19.8. The highest BCUT2D eigenvalue weighted by molar-refractivity contribution is 5.89. The molecule has 11 heteroatoms. The normalized spacial score (nSPS) is 14.6. The molecule has 0 amide bonds. The third-order valence-electron chi connectivity index (χ3n) is 10.7. The Morgan fingerprint density at radius 2 is 1.50 bits per heavy atom. The van der Waals surface area contributed by atoms with Crippen molar-refractivity contribution in [3.8, 4) is 11.5 Å². The molecular weight excluding hydrogens is 731 g/mol. The molecule has 0 bridgehead atoms. The van der Waals surface area contributed by atoms with Gasteiger partial charge in [-0.2, -0.15) is 0 Å². The third kappa shape index (κ3) is 10.6. The second kappa shape index (κ2) is 19.6. The maximum Gasteiger partial charge on any atom is 0.338 e. The number of ether oxygens (including phenoxy) is 2. The molecule has 5 N–H and O–H groups in total. The number of hydrogen-bond donors (Lipinski definition) is 5. The van der Waals surface area contributed by atoms with Crippen LogP contribution in [0.3, 0.4) is 0 Å². The van der Waals surface area contributed by atoms with Gasteiger partial charge in [-0.05, 0) is 76.8 Å². The number of pyridine rings is 1. The van der Waals surface area contributed by atoms with Crippen molar-refractivity contribution in [2.24, 2.45) is 0 Å².